The molecule has 0 bridgehead atoms. The number of primary amides is 1. The standard InChI is InChI=1S/C22H41N5O6/c1-7-13(6)18(24)21(31)26-15(9-12(4)5)19(29)25-14(8-11(2)3)20(30)27-16(22(32)33)10-17(23)28/h11-16,18H,7-10,24H2,1-6H3,(H2,23,28)(H,25,29)(H,26,31)(H,27,30)(H,32,33). The van der Waals surface area contributed by atoms with Crippen molar-refractivity contribution in [1.82, 2.24) is 16.0 Å². The second-order valence-corrected chi connectivity index (χ2v) is 9.36. The second-order valence-electron chi connectivity index (χ2n) is 9.36. The predicted octanol–water partition coefficient (Wildman–Crippen LogP) is -0.134. The Balaban J connectivity index is 5.56. The van der Waals surface area contributed by atoms with Gasteiger partial charge in [-0.15, -0.1) is 0 Å². The van der Waals surface area contributed by atoms with E-state index < -0.39 is 60.2 Å². The van der Waals surface area contributed by atoms with Gasteiger partial charge in [-0.25, -0.2) is 4.79 Å². The minimum absolute atomic E-state index is 0.0163. The minimum atomic E-state index is -1.51. The molecule has 4 amide bonds. The van der Waals surface area contributed by atoms with Gasteiger partial charge in [-0.1, -0.05) is 48.0 Å². The lowest BCUT2D eigenvalue weighted by Crippen LogP contribution is -2.58. The molecular formula is C22H41N5O6. The van der Waals surface area contributed by atoms with Gasteiger partial charge in [0.25, 0.3) is 0 Å². The van der Waals surface area contributed by atoms with Crippen LogP contribution in [0.15, 0.2) is 0 Å². The van der Waals surface area contributed by atoms with Gasteiger partial charge in [0, 0.05) is 0 Å². The fourth-order valence-corrected chi connectivity index (χ4v) is 3.13. The molecule has 0 fully saturated rings. The Labute approximate surface area is 195 Å². The molecule has 0 aliphatic heterocycles. The molecule has 190 valence electrons. The highest BCUT2D eigenvalue weighted by Gasteiger charge is 2.32. The minimum Gasteiger partial charge on any atom is -0.480 e. The fourth-order valence-electron chi connectivity index (χ4n) is 3.13. The summed E-state index contributed by atoms with van der Waals surface area (Å²) in [5, 5.41) is 16.8. The maximum Gasteiger partial charge on any atom is 0.326 e. The Morgan fingerprint density at radius 1 is 0.758 bits per heavy atom. The second kappa shape index (κ2) is 14.5. The summed E-state index contributed by atoms with van der Waals surface area (Å²) in [5.41, 5.74) is 11.0. The third kappa shape index (κ3) is 11.7. The van der Waals surface area contributed by atoms with Crippen molar-refractivity contribution < 1.29 is 29.1 Å². The SMILES string of the molecule is CCC(C)C(N)C(=O)NC(CC(C)C)C(=O)NC(CC(C)C)C(=O)NC(CC(N)=O)C(=O)O. The first-order chi connectivity index (χ1) is 15.2. The van der Waals surface area contributed by atoms with Crippen molar-refractivity contribution in [2.24, 2.45) is 29.2 Å². The molecule has 0 aliphatic rings. The lowest BCUT2D eigenvalue weighted by Gasteiger charge is -2.27. The molecule has 8 N–H and O–H groups in total. The maximum atomic E-state index is 13.0. The molecule has 11 nitrogen and oxygen atoms in total. The summed E-state index contributed by atoms with van der Waals surface area (Å²) < 4.78 is 0. The van der Waals surface area contributed by atoms with E-state index in [0.717, 1.165) is 0 Å². The van der Waals surface area contributed by atoms with E-state index in [0.29, 0.717) is 12.8 Å². The molecular weight excluding hydrogens is 430 g/mol. The molecule has 0 aromatic heterocycles. The lowest BCUT2D eigenvalue weighted by atomic mass is 9.97. The highest BCUT2D eigenvalue weighted by atomic mass is 16.4. The summed E-state index contributed by atoms with van der Waals surface area (Å²) in [6, 6.07) is -4.28. The zero-order valence-electron chi connectivity index (χ0n) is 20.5. The lowest BCUT2D eigenvalue weighted by molar-refractivity contribution is -0.144. The topological polar surface area (TPSA) is 194 Å². The van der Waals surface area contributed by atoms with E-state index in [4.69, 9.17) is 11.5 Å². The van der Waals surface area contributed by atoms with Crippen LogP contribution in [0.5, 0.6) is 0 Å². The van der Waals surface area contributed by atoms with Crippen molar-refractivity contribution >= 4 is 29.6 Å². The van der Waals surface area contributed by atoms with Gasteiger partial charge in [-0.05, 0) is 30.6 Å². The van der Waals surface area contributed by atoms with Gasteiger partial charge in [0.05, 0.1) is 12.5 Å². The smallest absolute Gasteiger partial charge is 0.326 e. The normalized spacial score (nSPS) is 15.8. The number of carboxylic acids is 1. The number of hydrogen-bond acceptors (Lipinski definition) is 6. The Hall–Kier alpha value is -2.69. The summed E-state index contributed by atoms with van der Waals surface area (Å²) in [7, 11) is 0. The molecule has 0 rings (SSSR count). The third-order valence-corrected chi connectivity index (χ3v) is 5.26. The molecule has 5 unspecified atom stereocenters. The Bertz CT molecular complexity index is 697. The summed E-state index contributed by atoms with van der Waals surface area (Å²) in [6.07, 6.45) is 0.653. The number of carboxylic acid groups (broad SMARTS) is 1. The van der Waals surface area contributed by atoms with Gasteiger partial charge in [-0.3, -0.25) is 19.2 Å². The van der Waals surface area contributed by atoms with Crippen LogP contribution >= 0.6 is 0 Å². The zero-order chi connectivity index (χ0) is 25.9. The van der Waals surface area contributed by atoms with Crippen LogP contribution in [-0.4, -0.2) is 58.9 Å². The van der Waals surface area contributed by atoms with Gasteiger partial charge >= 0.3 is 5.97 Å². The maximum absolute atomic E-state index is 13.0. The summed E-state index contributed by atoms with van der Waals surface area (Å²) in [4.78, 5) is 60.8. The van der Waals surface area contributed by atoms with E-state index in [1.807, 2.05) is 41.5 Å². The molecule has 0 saturated carbocycles. The first-order valence-electron chi connectivity index (χ1n) is 11.4. The van der Waals surface area contributed by atoms with Crippen molar-refractivity contribution in [2.75, 3.05) is 0 Å². The van der Waals surface area contributed by atoms with Crippen LogP contribution in [0.25, 0.3) is 0 Å². The number of carbonyl (C=O) groups is 5. The Morgan fingerprint density at radius 3 is 1.48 bits per heavy atom. The van der Waals surface area contributed by atoms with E-state index in [-0.39, 0.29) is 24.2 Å². The first kappa shape index (κ1) is 30.3. The van der Waals surface area contributed by atoms with Gasteiger partial charge in [-0.2, -0.15) is 0 Å². The number of carbonyl (C=O) groups excluding carboxylic acids is 4. The molecule has 33 heavy (non-hydrogen) atoms. The van der Waals surface area contributed by atoms with Crippen molar-refractivity contribution in [3.05, 3.63) is 0 Å². The average molecular weight is 472 g/mol. The number of hydrogen-bond donors (Lipinski definition) is 6. The highest BCUT2D eigenvalue weighted by Crippen LogP contribution is 2.11. The summed E-state index contributed by atoms with van der Waals surface area (Å²) in [6.45, 7) is 11.2. The number of nitrogens with two attached hydrogens (primary N) is 2. The Morgan fingerprint density at radius 2 is 1.15 bits per heavy atom. The molecule has 0 aromatic rings. The van der Waals surface area contributed by atoms with Crippen molar-refractivity contribution in [3.8, 4) is 0 Å². The largest absolute Gasteiger partial charge is 0.480 e. The van der Waals surface area contributed by atoms with Gasteiger partial charge in [0.2, 0.25) is 23.6 Å². The monoisotopic (exact) mass is 471 g/mol. The summed E-state index contributed by atoms with van der Waals surface area (Å²) >= 11 is 0. The average Bonchev–Trinajstić information content (AvgIpc) is 2.69. The third-order valence-electron chi connectivity index (χ3n) is 5.26. The van der Waals surface area contributed by atoms with Crippen molar-refractivity contribution in [1.29, 1.82) is 0 Å². The molecule has 0 aliphatic carbocycles. The molecule has 0 aromatic carbocycles. The first-order valence-corrected chi connectivity index (χ1v) is 11.4. The van der Waals surface area contributed by atoms with Crippen molar-refractivity contribution in [3.63, 3.8) is 0 Å². The van der Waals surface area contributed by atoms with Gasteiger partial charge < -0.3 is 32.5 Å². The van der Waals surface area contributed by atoms with Gasteiger partial charge in [0.1, 0.15) is 18.1 Å². The predicted molar refractivity (Wildman–Crippen MR) is 124 cm³/mol. The Kier molecular flexibility index (Phi) is 13.3. The fraction of sp³-hybridized carbons (Fsp3) is 0.773. The quantitative estimate of drug-likeness (QED) is 0.191. The van der Waals surface area contributed by atoms with Crippen LogP contribution < -0.4 is 27.4 Å². The number of nitrogens with one attached hydrogen (secondary N) is 3. The molecule has 11 heteroatoms. The molecule has 5 atom stereocenters. The molecule has 0 spiro atoms. The zero-order valence-corrected chi connectivity index (χ0v) is 20.5. The van der Waals surface area contributed by atoms with Gasteiger partial charge in [0.15, 0.2) is 0 Å². The molecule has 0 saturated heterocycles. The molecule has 0 radical (unpaired) electrons. The van der Waals surface area contributed by atoms with Crippen LogP contribution in [0, 0.1) is 17.8 Å². The van der Waals surface area contributed by atoms with Crippen LogP contribution in [0.2, 0.25) is 0 Å². The van der Waals surface area contributed by atoms with Crippen LogP contribution in [-0.2, 0) is 24.0 Å². The van der Waals surface area contributed by atoms with E-state index >= 15 is 0 Å². The number of rotatable bonds is 15. The van der Waals surface area contributed by atoms with Crippen molar-refractivity contribution in [2.45, 2.75) is 91.4 Å². The van der Waals surface area contributed by atoms with E-state index in [1.54, 1.807) is 0 Å². The van der Waals surface area contributed by atoms with Crippen LogP contribution in [0.4, 0.5) is 0 Å². The van der Waals surface area contributed by atoms with E-state index in [1.165, 1.54) is 0 Å². The van der Waals surface area contributed by atoms with Crippen LogP contribution in [0.1, 0.15) is 67.2 Å². The summed E-state index contributed by atoms with van der Waals surface area (Å²) in [5.74, 6) is -4.12. The van der Waals surface area contributed by atoms with E-state index in [2.05, 4.69) is 16.0 Å². The number of aliphatic carboxylic acids is 1. The van der Waals surface area contributed by atoms with Crippen LogP contribution in [0.3, 0.4) is 0 Å². The molecule has 0 heterocycles. The highest BCUT2D eigenvalue weighted by molar-refractivity contribution is 5.94. The number of amides is 4. The van der Waals surface area contributed by atoms with E-state index in [9.17, 15) is 29.1 Å².